The summed E-state index contributed by atoms with van der Waals surface area (Å²) in [5.41, 5.74) is 3.82. The summed E-state index contributed by atoms with van der Waals surface area (Å²) in [6.07, 6.45) is 1.38. The third-order valence-electron chi connectivity index (χ3n) is 3.75. The first-order valence-corrected chi connectivity index (χ1v) is 8.55. The number of nitrogens with zero attached hydrogens (tertiary/aromatic N) is 1. The van der Waals surface area contributed by atoms with Crippen molar-refractivity contribution in [3.05, 3.63) is 61.3 Å². The summed E-state index contributed by atoms with van der Waals surface area (Å²) in [5, 5.41) is 5.88. The molecular formula is C17H10Cl3N3O3. The third-order valence-corrected chi connectivity index (χ3v) is 4.57. The smallest absolute Gasteiger partial charge is 0.257 e. The number of ether oxygens (including phenoxy) is 2. The van der Waals surface area contributed by atoms with E-state index >= 15 is 0 Å². The number of benzene rings is 2. The van der Waals surface area contributed by atoms with Crippen molar-refractivity contribution in [2.24, 2.45) is 5.10 Å². The molecule has 9 heteroatoms. The summed E-state index contributed by atoms with van der Waals surface area (Å²) in [5.74, 6) is 1.23. The van der Waals surface area contributed by atoms with E-state index in [1.54, 1.807) is 30.3 Å². The van der Waals surface area contributed by atoms with E-state index in [1.165, 1.54) is 6.21 Å². The fourth-order valence-corrected chi connectivity index (χ4v) is 3.43. The van der Waals surface area contributed by atoms with Crippen LogP contribution in [0.2, 0.25) is 15.1 Å². The van der Waals surface area contributed by atoms with Crippen LogP contribution in [0.3, 0.4) is 0 Å². The lowest BCUT2D eigenvalue weighted by atomic mass is 10.1. The van der Waals surface area contributed by atoms with E-state index in [0.717, 1.165) is 5.39 Å². The first-order chi connectivity index (χ1) is 12.5. The topological polar surface area (TPSA) is 75.7 Å². The monoisotopic (exact) mass is 409 g/mol. The first-order valence-electron chi connectivity index (χ1n) is 7.41. The van der Waals surface area contributed by atoms with Crippen molar-refractivity contribution in [1.29, 1.82) is 0 Å². The van der Waals surface area contributed by atoms with Gasteiger partial charge in [0.1, 0.15) is 0 Å². The van der Waals surface area contributed by atoms with Crippen LogP contribution in [0.1, 0.15) is 5.56 Å². The molecule has 0 radical (unpaired) electrons. The van der Waals surface area contributed by atoms with Crippen molar-refractivity contribution in [3.8, 4) is 11.5 Å². The summed E-state index contributed by atoms with van der Waals surface area (Å²) >= 11 is 18.0. The molecule has 0 saturated heterocycles. The van der Waals surface area contributed by atoms with Gasteiger partial charge in [0.2, 0.25) is 6.79 Å². The average molecular weight is 411 g/mol. The molecule has 6 nitrogen and oxygen atoms in total. The van der Waals surface area contributed by atoms with Gasteiger partial charge in [0.15, 0.2) is 11.5 Å². The van der Waals surface area contributed by atoms with Crippen LogP contribution >= 0.6 is 34.8 Å². The summed E-state index contributed by atoms with van der Waals surface area (Å²) in [7, 11) is 0. The van der Waals surface area contributed by atoms with Crippen LogP contribution in [0.5, 0.6) is 11.5 Å². The van der Waals surface area contributed by atoms with Crippen LogP contribution in [0.15, 0.2) is 40.2 Å². The quantitative estimate of drug-likeness (QED) is 0.486. The van der Waals surface area contributed by atoms with Gasteiger partial charge in [-0.2, -0.15) is 5.10 Å². The number of aromatic amines is 1. The summed E-state index contributed by atoms with van der Waals surface area (Å²) in [6.45, 7) is 0.163. The van der Waals surface area contributed by atoms with Gasteiger partial charge in [-0.15, -0.1) is 0 Å². The number of hydrogen-bond donors (Lipinski definition) is 2. The molecule has 0 saturated carbocycles. The first kappa shape index (κ1) is 17.0. The number of fused-ring (bicyclic) bond motifs is 2. The molecule has 0 spiro atoms. The summed E-state index contributed by atoms with van der Waals surface area (Å²) in [6, 6.07) is 8.31. The normalized spacial score (nSPS) is 12.9. The minimum absolute atomic E-state index is 0.163. The summed E-state index contributed by atoms with van der Waals surface area (Å²) < 4.78 is 10.7. The molecule has 26 heavy (non-hydrogen) atoms. The van der Waals surface area contributed by atoms with E-state index in [0.29, 0.717) is 43.3 Å². The highest BCUT2D eigenvalue weighted by Crippen LogP contribution is 2.35. The van der Waals surface area contributed by atoms with E-state index in [-0.39, 0.29) is 12.4 Å². The van der Waals surface area contributed by atoms with Gasteiger partial charge in [-0.25, -0.2) is 0 Å². The predicted molar refractivity (Wildman–Crippen MR) is 103 cm³/mol. The Bertz CT molecular complexity index is 1090. The van der Waals surface area contributed by atoms with Gasteiger partial charge < -0.3 is 14.5 Å². The Balaban J connectivity index is 1.65. The molecule has 0 bridgehead atoms. The molecule has 2 aromatic carbocycles. The number of rotatable bonds is 3. The molecule has 1 aromatic heterocycles. The van der Waals surface area contributed by atoms with Crippen LogP contribution in [-0.4, -0.2) is 18.0 Å². The number of H-pyrrole nitrogens is 1. The number of nitrogens with one attached hydrogen (secondary N) is 2. The van der Waals surface area contributed by atoms with Crippen LogP contribution in [-0.2, 0) is 0 Å². The van der Waals surface area contributed by atoms with Crippen molar-refractivity contribution < 1.29 is 9.47 Å². The largest absolute Gasteiger partial charge is 0.454 e. The highest BCUT2D eigenvalue weighted by Gasteiger charge is 2.15. The zero-order valence-corrected chi connectivity index (χ0v) is 15.2. The van der Waals surface area contributed by atoms with Crippen LogP contribution < -0.4 is 20.5 Å². The molecule has 1 aliphatic rings. The maximum atomic E-state index is 12.2. The Morgan fingerprint density at radius 3 is 2.46 bits per heavy atom. The number of anilines is 1. The van der Waals surface area contributed by atoms with Crippen molar-refractivity contribution in [3.63, 3.8) is 0 Å². The predicted octanol–water partition coefficient (Wildman–Crippen LogP) is 4.66. The van der Waals surface area contributed by atoms with Crippen LogP contribution in [0.4, 0.5) is 5.69 Å². The molecule has 132 valence electrons. The minimum Gasteiger partial charge on any atom is -0.454 e. The molecule has 0 unspecified atom stereocenters. The lowest BCUT2D eigenvalue weighted by molar-refractivity contribution is 0.174. The Morgan fingerprint density at radius 1 is 1.04 bits per heavy atom. The number of aromatic nitrogens is 1. The molecule has 0 fully saturated rings. The maximum absolute atomic E-state index is 12.2. The fourth-order valence-electron chi connectivity index (χ4n) is 2.52. The average Bonchev–Trinajstić information content (AvgIpc) is 3.02. The second kappa shape index (κ2) is 6.72. The molecule has 4 rings (SSSR count). The Labute approximate surface area is 162 Å². The molecule has 2 N–H and O–H groups in total. The van der Waals surface area contributed by atoms with Gasteiger partial charge in [-0.3, -0.25) is 10.2 Å². The molecule has 0 amide bonds. The van der Waals surface area contributed by atoms with Crippen molar-refractivity contribution in [2.75, 3.05) is 12.2 Å². The van der Waals surface area contributed by atoms with Crippen LogP contribution in [0, 0.1) is 0 Å². The highest BCUT2D eigenvalue weighted by molar-refractivity contribution is 6.41. The highest BCUT2D eigenvalue weighted by atomic mass is 35.5. The van der Waals surface area contributed by atoms with E-state index in [9.17, 15) is 4.79 Å². The van der Waals surface area contributed by atoms with Gasteiger partial charge in [-0.1, -0.05) is 34.8 Å². The molecule has 1 aliphatic heterocycles. The molecule has 0 atom stereocenters. The fraction of sp³-hybridized carbons (Fsp3) is 0.0588. The third kappa shape index (κ3) is 3.19. The van der Waals surface area contributed by atoms with Crippen molar-refractivity contribution >= 4 is 57.6 Å². The van der Waals surface area contributed by atoms with Gasteiger partial charge in [0.05, 0.1) is 33.0 Å². The van der Waals surface area contributed by atoms with E-state index in [1.807, 2.05) is 0 Å². The van der Waals surface area contributed by atoms with Crippen LogP contribution in [0.25, 0.3) is 10.9 Å². The lowest BCUT2D eigenvalue weighted by Crippen LogP contribution is -2.12. The van der Waals surface area contributed by atoms with Crippen molar-refractivity contribution in [2.45, 2.75) is 0 Å². The number of hydrogen-bond acceptors (Lipinski definition) is 5. The Morgan fingerprint density at radius 2 is 1.73 bits per heavy atom. The molecule has 0 aliphatic carbocycles. The Hall–Kier alpha value is -2.41. The van der Waals surface area contributed by atoms with E-state index in [4.69, 9.17) is 44.3 Å². The Kier molecular flexibility index (Phi) is 4.40. The molecule has 3 aromatic rings. The molecular weight excluding hydrogens is 401 g/mol. The van der Waals surface area contributed by atoms with E-state index < -0.39 is 0 Å². The van der Waals surface area contributed by atoms with Crippen molar-refractivity contribution in [1.82, 2.24) is 4.98 Å². The van der Waals surface area contributed by atoms with Gasteiger partial charge in [0.25, 0.3) is 5.56 Å². The van der Waals surface area contributed by atoms with E-state index in [2.05, 4.69) is 15.5 Å². The minimum atomic E-state index is -0.296. The standard InChI is InChI=1S/C17H10Cl3N3O3/c18-10-3-11(19)16(12(20)4-10)23-21-6-9-1-8-2-14-15(26-7-25-14)5-13(8)22-17(9)24/h1-6,23H,7H2,(H,22,24)/b21-6+. The maximum Gasteiger partial charge on any atom is 0.257 e. The van der Waals surface area contributed by atoms with Gasteiger partial charge >= 0.3 is 0 Å². The number of hydrazone groups is 1. The SMILES string of the molecule is O=c1[nH]c2cc3c(cc2cc1/C=N/Nc1c(Cl)cc(Cl)cc1Cl)OCO3. The van der Waals surface area contributed by atoms with Gasteiger partial charge in [-0.05, 0) is 24.3 Å². The number of halogens is 3. The van der Waals surface area contributed by atoms with Gasteiger partial charge in [0, 0.05) is 16.5 Å². The lowest BCUT2D eigenvalue weighted by Gasteiger charge is -2.06. The molecule has 2 heterocycles. The second-order valence-electron chi connectivity index (χ2n) is 5.46. The zero-order valence-electron chi connectivity index (χ0n) is 13.0. The second-order valence-corrected chi connectivity index (χ2v) is 6.71. The number of pyridine rings is 1. The zero-order chi connectivity index (χ0) is 18.3. The summed E-state index contributed by atoms with van der Waals surface area (Å²) in [4.78, 5) is 15.0.